The minimum Gasteiger partial charge on any atom is -0.293 e. The van der Waals surface area contributed by atoms with Gasteiger partial charge in [0.15, 0.2) is 5.78 Å². The van der Waals surface area contributed by atoms with Gasteiger partial charge >= 0.3 is 0 Å². The van der Waals surface area contributed by atoms with Gasteiger partial charge in [-0.15, -0.1) is 6.58 Å². The maximum absolute atomic E-state index is 11.5. The van der Waals surface area contributed by atoms with E-state index in [1.165, 1.54) is 0 Å². The third-order valence-electron chi connectivity index (χ3n) is 1.71. The van der Waals surface area contributed by atoms with E-state index in [0.717, 1.165) is 0 Å². The van der Waals surface area contributed by atoms with Crippen LogP contribution in [0.5, 0.6) is 0 Å². The van der Waals surface area contributed by atoms with Gasteiger partial charge in [0.2, 0.25) is 0 Å². The predicted molar refractivity (Wildman–Crippen MR) is 47.9 cm³/mol. The number of rotatable bonds is 3. The topological polar surface area (TPSA) is 30.0 Å². The van der Waals surface area contributed by atoms with Crippen molar-refractivity contribution >= 4 is 5.78 Å². The van der Waals surface area contributed by atoms with Crippen LogP contribution in [0.15, 0.2) is 37.2 Å². The zero-order valence-corrected chi connectivity index (χ0v) is 7.03. The second-order valence-electron chi connectivity index (χ2n) is 2.63. The number of hydrogen-bond donors (Lipinski definition) is 0. The fourth-order valence-electron chi connectivity index (χ4n) is 0.878. The molecule has 0 aromatic carbocycles. The normalized spacial score (nSPS) is 12.1. The summed E-state index contributed by atoms with van der Waals surface area (Å²) >= 11 is 0. The standard InChI is InChI=1S/C10H11NO/c1-3-8(2)10(12)9-5-4-6-11-7-9/h3-8H,1H2,2H3. The number of pyridine rings is 1. The minimum absolute atomic E-state index is 0.0677. The fraction of sp³-hybridized carbons (Fsp3) is 0.200. The summed E-state index contributed by atoms with van der Waals surface area (Å²) in [7, 11) is 0. The van der Waals surface area contributed by atoms with Gasteiger partial charge in [0.05, 0.1) is 0 Å². The number of aromatic nitrogens is 1. The molecule has 1 aromatic heterocycles. The maximum atomic E-state index is 11.5. The van der Waals surface area contributed by atoms with Crippen LogP contribution in [0.4, 0.5) is 0 Å². The Morgan fingerprint density at radius 2 is 2.50 bits per heavy atom. The molecule has 1 unspecified atom stereocenters. The predicted octanol–water partition coefficient (Wildman–Crippen LogP) is 2.09. The highest BCUT2D eigenvalue weighted by Crippen LogP contribution is 2.07. The Labute approximate surface area is 71.9 Å². The van der Waals surface area contributed by atoms with Crippen LogP contribution in [0.3, 0.4) is 0 Å². The number of nitrogens with zero attached hydrogens (tertiary/aromatic N) is 1. The Bertz CT molecular complexity index is 279. The third-order valence-corrected chi connectivity index (χ3v) is 1.71. The molecule has 0 spiro atoms. The molecule has 1 heterocycles. The maximum Gasteiger partial charge on any atom is 0.170 e. The van der Waals surface area contributed by atoms with Crippen molar-refractivity contribution in [2.24, 2.45) is 5.92 Å². The highest BCUT2D eigenvalue weighted by molar-refractivity contribution is 5.98. The highest BCUT2D eigenvalue weighted by Gasteiger charge is 2.10. The van der Waals surface area contributed by atoms with Crippen LogP contribution in [0.1, 0.15) is 17.3 Å². The van der Waals surface area contributed by atoms with Crippen molar-refractivity contribution in [3.05, 3.63) is 42.7 Å². The summed E-state index contributed by atoms with van der Waals surface area (Å²) in [6, 6.07) is 3.51. The van der Waals surface area contributed by atoms with Crippen molar-refractivity contribution in [2.45, 2.75) is 6.92 Å². The van der Waals surface area contributed by atoms with Crippen molar-refractivity contribution < 1.29 is 4.79 Å². The monoisotopic (exact) mass is 161 g/mol. The summed E-state index contributed by atoms with van der Waals surface area (Å²) in [6.07, 6.45) is 4.85. The molecule has 1 atom stereocenters. The quantitative estimate of drug-likeness (QED) is 0.502. The van der Waals surface area contributed by atoms with Gasteiger partial charge in [0.25, 0.3) is 0 Å². The first-order valence-corrected chi connectivity index (χ1v) is 3.82. The van der Waals surface area contributed by atoms with Gasteiger partial charge in [-0.3, -0.25) is 9.78 Å². The van der Waals surface area contributed by atoms with Crippen LogP contribution in [-0.2, 0) is 0 Å². The minimum atomic E-state index is -0.130. The van der Waals surface area contributed by atoms with Crippen molar-refractivity contribution in [3.8, 4) is 0 Å². The van der Waals surface area contributed by atoms with E-state index in [0.29, 0.717) is 5.56 Å². The molecule has 62 valence electrons. The van der Waals surface area contributed by atoms with E-state index in [1.54, 1.807) is 30.6 Å². The van der Waals surface area contributed by atoms with Crippen LogP contribution >= 0.6 is 0 Å². The molecule has 0 aliphatic rings. The summed E-state index contributed by atoms with van der Waals surface area (Å²) in [5.74, 6) is -0.0627. The lowest BCUT2D eigenvalue weighted by molar-refractivity contribution is 0.0953. The number of carbonyl (C=O) groups is 1. The van der Waals surface area contributed by atoms with Gasteiger partial charge in [0, 0.05) is 23.9 Å². The number of Topliss-reactive ketones (excluding diaryl/α,β-unsaturated/α-hetero) is 1. The molecule has 0 radical (unpaired) electrons. The second-order valence-corrected chi connectivity index (χ2v) is 2.63. The molecule has 0 bridgehead atoms. The smallest absolute Gasteiger partial charge is 0.170 e. The van der Waals surface area contributed by atoms with Crippen LogP contribution in [0, 0.1) is 5.92 Å². The molecule has 0 saturated heterocycles. The Morgan fingerprint density at radius 3 is 3.00 bits per heavy atom. The lowest BCUT2D eigenvalue weighted by Crippen LogP contribution is -2.08. The van der Waals surface area contributed by atoms with Gasteiger partial charge in [0.1, 0.15) is 0 Å². The summed E-state index contributed by atoms with van der Waals surface area (Å²) in [4.78, 5) is 15.3. The molecule has 0 saturated carbocycles. The van der Waals surface area contributed by atoms with Crippen molar-refractivity contribution in [1.29, 1.82) is 0 Å². The van der Waals surface area contributed by atoms with Crippen LogP contribution < -0.4 is 0 Å². The lowest BCUT2D eigenvalue weighted by Gasteiger charge is -2.02. The Hall–Kier alpha value is -1.44. The SMILES string of the molecule is C=CC(C)C(=O)c1cccnc1. The molecular formula is C10H11NO. The molecule has 0 fully saturated rings. The number of hydrogen-bond acceptors (Lipinski definition) is 2. The van der Waals surface area contributed by atoms with E-state index in [4.69, 9.17) is 0 Å². The van der Waals surface area contributed by atoms with Crippen LogP contribution in [0.25, 0.3) is 0 Å². The van der Waals surface area contributed by atoms with Crippen LogP contribution in [0.2, 0.25) is 0 Å². The molecular weight excluding hydrogens is 150 g/mol. The molecule has 2 heteroatoms. The van der Waals surface area contributed by atoms with Gasteiger partial charge in [-0.05, 0) is 12.1 Å². The number of allylic oxidation sites excluding steroid dienone is 1. The molecule has 12 heavy (non-hydrogen) atoms. The van der Waals surface area contributed by atoms with E-state index in [1.807, 2.05) is 6.92 Å². The average Bonchev–Trinajstić information content (AvgIpc) is 2.17. The first-order valence-electron chi connectivity index (χ1n) is 3.82. The van der Waals surface area contributed by atoms with E-state index < -0.39 is 0 Å². The Morgan fingerprint density at radius 1 is 1.75 bits per heavy atom. The molecule has 1 aromatic rings. The number of carbonyl (C=O) groups excluding carboxylic acids is 1. The summed E-state index contributed by atoms with van der Waals surface area (Å²) in [5.41, 5.74) is 0.643. The zero-order valence-electron chi connectivity index (χ0n) is 7.03. The first kappa shape index (κ1) is 8.65. The van der Waals surface area contributed by atoms with Crippen molar-refractivity contribution in [1.82, 2.24) is 4.98 Å². The van der Waals surface area contributed by atoms with E-state index >= 15 is 0 Å². The van der Waals surface area contributed by atoms with E-state index in [-0.39, 0.29) is 11.7 Å². The van der Waals surface area contributed by atoms with E-state index in [9.17, 15) is 4.79 Å². The first-order chi connectivity index (χ1) is 5.75. The molecule has 1 rings (SSSR count). The van der Waals surface area contributed by atoms with Crippen molar-refractivity contribution in [2.75, 3.05) is 0 Å². The largest absolute Gasteiger partial charge is 0.293 e. The third kappa shape index (κ3) is 1.78. The highest BCUT2D eigenvalue weighted by atomic mass is 16.1. The van der Waals surface area contributed by atoms with Crippen LogP contribution in [-0.4, -0.2) is 10.8 Å². The lowest BCUT2D eigenvalue weighted by atomic mass is 10.0. The van der Waals surface area contributed by atoms with Gasteiger partial charge in [-0.2, -0.15) is 0 Å². The van der Waals surface area contributed by atoms with Gasteiger partial charge in [-0.25, -0.2) is 0 Å². The van der Waals surface area contributed by atoms with Gasteiger partial charge in [-0.1, -0.05) is 13.0 Å². The molecule has 0 N–H and O–H groups in total. The van der Waals surface area contributed by atoms with E-state index in [2.05, 4.69) is 11.6 Å². The number of ketones is 1. The molecule has 0 aliphatic heterocycles. The molecule has 2 nitrogen and oxygen atoms in total. The van der Waals surface area contributed by atoms with Gasteiger partial charge < -0.3 is 0 Å². The zero-order chi connectivity index (χ0) is 8.97. The summed E-state index contributed by atoms with van der Waals surface area (Å²) in [6.45, 7) is 5.39. The summed E-state index contributed by atoms with van der Waals surface area (Å²) < 4.78 is 0. The van der Waals surface area contributed by atoms with Crippen molar-refractivity contribution in [3.63, 3.8) is 0 Å². The second kappa shape index (κ2) is 3.81. The Kier molecular flexibility index (Phi) is 2.75. The molecule has 0 aliphatic carbocycles. The Balaban J connectivity index is 2.85. The average molecular weight is 161 g/mol. The summed E-state index contributed by atoms with van der Waals surface area (Å²) in [5, 5.41) is 0. The fourth-order valence-corrected chi connectivity index (χ4v) is 0.878. The molecule has 0 amide bonds.